The highest BCUT2D eigenvalue weighted by Gasteiger charge is 2.08. The fourth-order valence-electron chi connectivity index (χ4n) is 8.11. The van der Waals surface area contributed by atoms with E-state index in [4.69, 9.17) is 0 Å². The van der Waals surface area contributed by atoms with Crippen molar-refractivity contribution < 1.29 is 0 Å². The van der Waals surface area contributed by atoms with Gasteiger partial charge in [0.2, 0.25) is 0 Å². The van der Waals surface area contributed by atoms with E-state index in [9.17, 15) is 0 Å². The molecule has 0 aliphatic carbocycles. The molecule has 0 aromatic heterocycles. The zero-order valence-electron chi connectivity index (χ0n) is 51.8. The molecule has 0 spiro atoms. The van der Waals surface area contributed by atoms with Gasteiger partial charge >= 0.3 is 24.3 Å². The summed E-state index contributed by atoms with van der Waals surface area (Å²) in [6.07, 6.45) is 0. The van der Waals surface area contributed by atoms with E-state index in [0.29, 0.717) is 0 Å². The maximum Gasteiger partial charge on any atom is 0.311 e. The first-order valence-corrected chi connectivity index (χ1v) is 27.8. The minimum Gasteiger partial charge on any atom is -0.101 e. The summed E-state index contributed by atoms with van der Waals surface area (Å²) in [6, 6.07) is 64.1. The third kappa shape index (κ3) is 20.3. The third-order valence-electron chi connectivity index (χ3n) is 12.6. The van der Waals surface area contributed by atoms with Crippen molar-refractivity contribution in [2.24, 2.45) is 0 Å². The van der Waals surface area contributed by atoms with Crippen molar-refractivity contribution in [1.82, 2.24) is 0 Å². The molecule has 0 radical (unpaired) electrons. The van der Waals surface area contributed by atoms with Gasteiger partial charge in [0.1, 0.15) is 22.3 Å². The minimum atomic E-state index is 0.905. The summed E-state index contributed by atoms with van der Waals surface area (Å²) < 4.78 is 0. The largest absolute Gasteiger partial charge is 0.311 e. The molecule has 0 unspecified atom stereocenters. The van der Waals surface area contributed by atoms with E-state index in [0.717, 1.165) is 89.0 Å². The molecule has 0 amide bonds. The topological polar surface area (TPSA) is 17.4 Å². The van der Waals surface area contributed by atoms with Crippen LogP contribution in [-0.4, -0.2) is 28.2 Å². The second-order valence-corrected chi connectivity index (χ2v) is 19.1. The van der Waals surface area contributed by atoms with Gasteiger partial charge in [0.25, 0.3) is 28.2 Å². The lowest BCUT2D eigenvalue weighted by molar-refractivity contribution is 1.32. The molecule has 0 atom stereocenters. The van der Waals surface area contributed by atoms with Crippen molar-refractivity contribution in [3.05, 3.63) is 300 Å². The number of aryl methyl sites for hydroxylation is 6. The summed E-state index contributed by atoms with van der Waals surface area (Å²) in [6.45, 7) is 19.8. The van der Waals surface area contributed by atoms with Crippen molar-refractivity contribution in [2.45, 2.75) is 69.2 Å². The summed E-state index contributed by atoms with van der Waals surface area (Å²) in [5.74, 6) is 49.9. The molecule has 4 heteroatoms. The Morgan fingerprint density at radius 2 is 0.407 bits per heavy atom. The highest BCUT2D eigenvalue weighted by molar-refractivity contribution is 5.61. The fraction of sp³-hybridized carbons (Fsp3) is 0.171. The molecule has 86 heavy (non-hydrogen) atoms. The Bertz CT molecular complexity index is 4350. The number of hydrogen-bond acceptors (Lipinski definition) is 0. The lowest BCUT2D eigenvalue weighted by Crippen LogP contribution is -1.90. The van der Waals surface area contributed by atoms with Crippen LogP contribution in [0, 0.1) is 161 Å². The van der Waals surface area contributed by atoms with E-state index in [1.165, 1.54) is 33.4 Å². The third-order valence-corrected chi connectivity index (χ3v) is 12.6. The Morgan fingerprint density at radius 1 is 0.209 bits per heavy atom. The van der Waals surface area contributed by atoms with Gasteiger partial charge in [-0.15, -0.1) is 23.7 Å². The quantitative estimate of drug-likeness (QED) is 0.135. The number of hydrogen-bond donors (Lipinski definition) is 0. The first-order chi connectivity index (χ1) is 41.8. The van der Waals surface area contributed by atoms with Gasteiger partial charge in [-0.1, -0.05) is 151 Å². The maximum atomic E-state index is 4.00. The van der Waals surface area contributed by atoms with Crippen molar-refractivity contribution >= 4 is 0 Å². The van der Waals surface area contributed by atoms with Crippen LogP contribution in [0.2, 0.25) is 0 Å². The van der Waals surface area contributed by atoms with E-state index in [1.54, 1.807) is 28.2 Å². The van der Waals surface area contributed by atoms with Gasteiger partial charge in [0.05, 0.1) is 0 Å². The van der Waals surface area contributed by atoms with Crippen LogP contribution in [0.5, 0.6) is 0 Å². The number of rotatable bonds is 0. The number of nitrogens with zero attached hydrogens (tertiary/aromatic N) is 4. The molecule has 8 aromatic rings. The Balaban J connectivity index is 0.000000209. The van der Waals surface area contributed by atoms with Gasteiger partial charge in [0, 0.05) is 66.8 Å². The first kappa shape index (κ1) is 65.0. The molecule has 0 bridgehead atoms. The average Bonchev–Trinajstić information content (AvgIpc) is 3.68. The molecule has 0 N–H and O–H groups in total. The molecule has 4 nitrogen and oxygen atoms in total. The van der Waals surface area contributed by atoms with Crippen LogP contribution in [0.4, 0.5) is 0 Å². The van der Waals surface area contributed by atoms with Gasteiger partial charge in [-0.2, -0.15) is 0 Å². The van der Waals surface area contributed by atoms with Crippen molar-refractivity contribution in [2.75, 3.05) is 28.2 Å². The molecular formula is C82H68N4+4. The van der Waals surface area contributed by atoms with Gasteiger partial charge in [0.15, 0.2) is 0 Å². The Hall–Kier alpha value is -11.8. The zero-order chi connectivity index (χ0) is 62.1. The Labute approximate surface area is 513 Å². The summed E-state index contributed by atoms with van der Waals surface area (Å²) in [5.41, 5.74) is 22.2. The molecule has 0 heterocycles. The molecule has 0 saturated carbocycles. The second kappa shape index (κ2) is 35.1. The van der Waals surface area contributed by atoms with Gasteiger partial charge in [-0.3, -0.25) is 0 Å². The summed E-state index contributed by atoms with van der Waals surface area (Å²) in [5, 5.41) is 0. The maximum absolute atomic E-state index is 4.00. The van der Waals surface area contributed by atoms with E-state index in [2.05, 4.69) is 209 Å². The van der Waals surface area contributed by atoms with Crippen molar-refractivity contribution in [3.63, 3.8) is 0 Å². The van der Waals surface area contributed by atoms with E-state index in [1.807, 2.05) is 156 Å². The summed E-state index contributed by atoms with van der Waals surface area (Å²) >= 11 is 0. The van der Waals surface area contributed by atoms with Crippen LogP contribution in [0.3, 0.4) is 0 Å². The Kier molecular flexibility index (Phi) is 26.6. The van der Waals surface area contributed by atoms with Crippen LogP contribution < -0.4 is 0 Å². The fourth-order valence-corrected chi connectivity index (χ4v) is 8.11. The van der Waals surface area contributed by atoms with E-state index < -0.39 is 0 Å². The van der Waals surface area contributed by atoms with Gasteiger partial charge < -0.3 is 0 Å². The predicted molar refractivity (Wildman–Crippen MR) is 363 cm³/mol. The molecule has 0 fully saturated rings. The molecular weight excluding hydrogens is 1040 g/mol. The summed E-state index contributed by atoms with van der Waals surface area (Å²) in [4.78, 5) is 15.9. The number of benzene rings is 8. The molecule has 8 rings (SSSR count). The monoisotopic (exact) mass is 1110 g/mol. The predicted octanol–water partition coefficient (Wildman–Crippen LogP) is 16.9. The smallest absolute Gasteiger partial charge is 0.101 e. The standard InChI is InChI=1S/2C21H18N.2C20H16N/c1-5-8-19-13-16(2)17(3)14-20(19)12-11-18-9-6-7-10-21(18)15-22-4;1-5-8-18-9-6-7-10-19(18)11-12-20-13-16(2)17(3)14-21(20)15-22-4;1-4-7-19-14-16(2)10-11-18(19)13-12-17-8-5-6-9-20(17)15-21-3;1-4-7-17-8-5-6-9-18(17)12-13-19-11-10-16(2)14-20(19)15-21-3/h2*6-7,9-10,13-14H,1-4H3;2*5-6,8-11,14H,1-3H3/q4*+1. The normalized spacial score (nSPS) is 8.63. The average molecular weight is 1110 g/mol. The molecule has 0 aliphatic rings. The second-order valence-electron chi connectivity index (χ2n) is 19.1. The minimum absolute atomic E-state index is 0.905. The van der Waals surface area contributed by atoms with E-state index in [-0.39, 0.29) is 0 Å². The Morgan fingerprint density at radius 3 is 0.744 bits per heavy atom. The van der Waals surface area contributed by atoms with Gasteiger partial charge in [-0.25, -0.2) is 0 Å². The summed E-state index contributed by atoms with van der Waals surface area (Å²) in [7, 11) is 6.85. The van der Waals surface area contributed by atoms with E-state index >= 15 is 0 Å². The van der Waals surface area contributed by atoms with Crippen molar-refractivity contribution in [3.8, 4) is 119 Å². The van der Waals surface area contributed by atoms with Crippen molar-refractivity contribution in [1.29, 1.82) is 0 Å². The van der Waals surface area contributed by atoms with Crippen LogP contribution in [0.1, 0.15) is 150 Å². The van der Waals surface area contributed by atoms with Gasteiger partial charge in [-0.05, 0) is 200 Å². The molecule has 8 aromatic carbocycles. The van der Waals surface area contributed by atoms with Crippen LogP contribution in [0.15, 0.2) is 158 Å². The lowest BCUT2D eigenvalue weighted by Gasteiger charge is -2.03. The van der Waals surface area contributed by atoms with Crippen LogP contribution in [0.25, 0.3) is 19.4 Å². The molecule has 0 saturated heterocycles. The SMILES string of the molecule is CC#Cc1cc(C)c(C)cc1C#Cc1ccccc1C#[N+]C.CC#Cc1cc(C)ccc1C#Cc1ccccc1C#[N+]C.CC#Cc1ccccc1C#Cc1cc(C)c(C)cc1C#[N+]C.CC#Cc1ccccc1C#Cc1ccc(C)cc1C#[N+]C. The molecule has 0 aliphatic heterocycles. The van der Waals surface area contributed by atoms with Crippen LogP contribution >= 0.6 is 0 Å². The highest BCUT2D eigenvalue weighted by Crippen LogP contribution is 2.19. The lowest BCUT2D eigenvalue weighted by atomic mass is 9.99. The zero-order valence-corrected chi connectivity index (χ0v) is 51.8. The highest BCUT2D eigenvalue weighted by atomic mass is 14.6. The van der Waals surface area contributed by atoms with Crippen LogP contribution in [-0.2, 0) is 0 Å². The first-order valence-electron chi connectivity index (χ1n) is 27.8. The molecule has 412 valence electrons.